The first kappa shape index (κ1) is 25.0. The molecule has 3 N–H and O–H groups in total. The van der Waals surface area contributed by atoms with Crippen molar-refractivity contribution < 1.29 is 4.79 Å². The number of amides is 1. The monoisotopic (exact) mass is 491 g/mol. The first-order valence-electron chi connectivity index (χ1n) is 12.0. The van der Waals surface area contributed by atoms with E-state index in [1.54, 1.807) is 6.08 Å². The number of rotatable bonds is 6. The maximum absolute atomic E-state index is 12.4. The summed E-state index contributed by atoms with van der Waals surface area (Å²) >= 11 is 6.51. The molecule has 0 radical (unpaired) electrons. The molecule has 184 valence electrons. The minimum Gasteiger partial charge on any atom is -0.348 e. The highest BCUT2D eigenvalue weighted by atomic mass is 35.5. The molecule has 0 unspecified atom stereocenters. The van der Waals surface area contributed by atoms with Crippen LogP contribution in [-0.2, 0) is 24.9 Å². The zero-order valence-corrected chi connectivity index (χ0v) is 21.9. The van der Waals surface area contributed by atoms with Gasteiger partial charge in [0.25, 0.3) is 5.91 Å². The van der Waals surface area contributed by atoms with Crippen molar-refractivity contribution in [3.8, 4) is 0 Å². The fourth-order valence-corrected chi connectivity index (χ4v) is 5.16. The Bertz CT molecular complexity index is 1240. The number of nitrogens with one attached hydrogen (secondary N) is 3. The van der Waals surface area contributed by atoms with Crippen LogP contribution in [0.3, 0.4) is 0 Å². The zero-order valence-electron chi connectivity index (χ0n) is 21.2. The van der Waals surface area contributed by atoms with Crippen molar-refractivity contribution in [2.24, 2.45) is 4.99 Å². The summed E-state index contributed by atoms with van der Waals surface area (Å²) in [7, 11) is 2.16. The van der Waals surface area contributed by atoms with Crippen molar-refractivity contribution in [1.29, 1.82) is 0 Å². The van der Waals surface area contributed by atoms with E-state index < -0.39 is 0 Å². The minimum absolute atomic E-state index is 0.0959. The number of allylic oxidation sites excluding steroid dienone is 1. The van der Waals surface area contributed by atoms with E-state index in [4.69, 9.17) is 11.6 Å². The van der Waals surface area contributed by atoms with Crippen molar-refractivity contribution in [1.82, 2.24) is 10.2 Å². The summed E-state index contributed by atoms with van der Waals surface area (Å²) in [5, 5.41) is 9.96. The molecular weight excluding hydrogens is 458 g/mol. The largest absolute Gasteiger partial charge is 0.348 e. The van der Waals surface area contributed by atoms with Crippen LogP contribution < -0.4 is 16.0 Å². The van der Waals surface area contributed by atoms with Gasteiger partial charge in [-0.15, -0.1) is 0 Å². The molecule has 0 aromatic heterocycles. The van der Waals surface area contributed by atoms with Gasteiger partial charge in [0.2, 0.25) is 0 Å². The van der Waals surface area contributed by atoms with E-state index in [9.17, 15) is 4.79 Å². The number of hydrogen-bond donors (Lipinski definition) is 3. The predicted molar refractivity (Wildman–Crippen MR) is 146 cm³/mol. The molecule has 0 saturated heterocycles. The van der Waals surface area contributed by atoms with Crippen molar-refractivity contribution in [3.63, 3.8) is 0 Å². The average Bonchev–Trinajstić information content (AvgIpc) is 3.18. The second kappa shape index (κ2) is 9.88. The third-order valence-corrected chi connectivity index (χ3v) is 7.02. The number of likely N-dealkylation sites (N-methyl/N-ethyl adjacent to an activating group) is 1. The third kappa shape index (κ3) is 5.14. The molecule has 2 aliphatic rings. The maximum atomic E-state index is 12.4. The molecule has 0 spiro atoms. The number of benzene rings is 2. The number of halogens is 1. The first-order chi connectivity index (χ1) is 16.6. The first-order valence-corrected chi connectivity index (χ1v) is 12.4. The van der Waals surface area contributed by atoms with Crippen LogP contribution in [0.4, 0.5) is 11.4 Å². The highest BCUT2D eigenvalue weighted by Crippen LogP contribution is 2.36. The molecule has 35 heavy (non-hydrogen) atoms. The van der Waals surface area contributed by atoms with E-state index in [2.05, 4.69) is 72.4 Å². The number of nitrogens with zero attached hydrogens (tertiary/aromatic N) is 2. The Balaban J connectivity index is 1.64. The smallest absolute Gasteiger partial charge is 0.254 e. The third-order valence-electron chi connectivity index (χ3n) is 6.62. The van der Waals surface area contributed by atoms with E-state index in [0.717, 1.165) is 30.8 Å². The molecule has 2 aromatic carbocycles. The van der Waals surface area contributed by atoms with Gasteiger partial charge in [-0.1, -0.05) is 63.2 Å². The van der Waals surface area contributed by atoms with Gasteiger partial charge in [0.1, 0.15) is 5.82 Å². The summed E-state index contributed by atoms with van der Waals surface area (Å²) in [6, 6.07) is 10.3. The van der Waals surface area contributed by atoms with Gasteiger partial charge < -0.3 is 20.9 Å². The standard InChI is InChI=1S/C28H34ClN5O/c1-7-18-12-21-20(15-34(6)16-28(21,4)5)13-24(18)31-17(3)32-26(22(29)8-2)33-23-11-9-10-19-14-30-27(35)25(19)23/h8-13,31H,3,7,14-16H2,1-2,4-6H3,(H,30,35)(H,32,33)/b22-8+. The van der Waals surface area contributed by atoms with Crippen molar-refractivity contribution in [2.45, 2.75) is 52.6 Å². The molecule has 7 heteroatoms. The summed E-state index contributed by atoms with van der Waals surface area (Å²) in [6.07, 6.45) is 2.66. The fourth-order valence-electron chi connectivity index (χ4n) is 5.07. The topological polar surface area (TPSA) is 68.8 Å². The predicted octanol–water partition coefficient (Wildman–Crippen LogP) is 5.75. The van der Waals surface area contributed by atoms with Gasteiger partial charge in [-0.05, 0) is 54.8 Å². The Kier molecular flexibility index (Phi) is 7.06. The molecular formula is C28H34ClN5O. The lowest BCUT2D eigenvalue weighted by Crippen LogP contribution is -2.40. The van der Waals surface area contributed by atoms with Crippen LogP contribution in [0.5, 0.6) is 0 Å². The molecule has 1 amide bonds. The van der Waals surface area contributed by atoms with E-state index in [1.807, 2.05) is 25.1 Å². The summed E-state index contributed by atoms with van der Waals surface area (Å²) < 4.78 is 0. The molecule has 6 nitrogen and oxygen atoms in total. The molecule has 0 fully saturated rings. The van der Waals surface area contributed by atoms with Crippen LogP contribution in [0.1, 0.15) is 60.3 Å². The number of carbonyl (C=O) groups excluding carboxylic acids is 1. The second-order valence-electron chi connectivity index (χ2n) is 9.89. The van der Waals surface area contributed by atoms with Crippen LogP contribution >= 0.6 is 11.6 Å². The molecule has 2 aromatic rings. The zero-order chi connectivity index (χ0) is 25.3. The van der Waals surface area contributed by atoms with Crippen LogP contribution in [0.2, 0.25) is 0 Å². The van der Waals surface area contributed by atoms with Gasteiger partial charge in [0.05, 0.1) is 16.3 Å². The number of fused-ring (bicyclic) bond motifs is 2. The van der Waals surface area contributed by atoms with Gasteiger partial charge in [-0.3, -0.25) is 4.79 Å². The van der Waals surface area contributed by atoms with Crippen LogP contribution in [0.15, 0.2) is 58.8 Å². The Hall–Kier alpha value is -3.09. The molecule has 4 rings (SSSR count). The van der Waals surface area contributed by atoms with E-state index in [1.165, 1.54) is 16.7 Å². The summed E-state index contributed by atoms with van der Waals surface area (Å²) in [5.74, 6) is 0.782. The Morgan fingerprint density at radius 1 is 1.26 bits per heavy atom. The van der Waals surface area contributed by atoms with Gasteiger partial charge in [0, 0.05) is 30.7 Å². The Morgan fingerprint density at radius 2 is 2.03 bits per heavy atom. The summed E-state index contributed by atoms with van der Waals surface area (Å²) in [4.78, 5) is 19.4. The van der Waals surface area contributed by atoms with E-state index in [-0.39, 0.29) is 11.3 Å². The average molecular weight is 492 g/mol. The van der Waals surface area contributed by atoms with Crippen LogP contribution in [0.25, 0.3) is 0 Å². The molecule has 0 bridgehead atoms. The quantitative estimate of drug-likeness (QED) is 0.355. The Morgan fingerprint density at radius 3 is 2.74 bits per heavy atom. The lowest BCUT2D eigenvalue weighted by atomic mass is 9.77. The van der Waals surface area contributed by atoms with Gasteiger partial charge in [0.15, 0.2) is 5.84 Å². The molecule has 0 atom stereocenters. The highest BCUT2D eigenvalue weighted by Gasteiger charge is 2.31. The molecule has 0 saturated carbocycles. The van der Waals surface area contributed by atoms with E-state index in [0.29, 0.717) is 34.5 Å². The number of carbonyl (C=O) groups is 1. The summed E-state index contributed by atoms with van der Waals surface area (Å²) in [6.45, 7) is 15.2. The number of amidine groups is 1. The van der Waals surface area contributed by atoms with Crippen LogP contribution in [0, 0.1) is 0 Å². The van der Waals surface area contributed by atoms with Crippen molar-refractivity contribution in [3.05, 3.63) is 81.7 Å². The Labute approximate surface area is 213 Å². The van der Waals surface area contributed by atoms with E-state index >= 15 is 0 Å². The molecule has 2 heterocycles. The number of aliphatic imine (C=N–C) groups is 1. The lowest BCUT2D eigenvalue weighted by Gasteiger charge is -2.39. The number of aryl methyl sites for hydroxylation is 1. The molecule has 2 aliphatic heterocycles. The maximum Gasteiger partial charge on any atom is 0.254 e. The minimum atomic E-state index is -0.106. The van der Waals surface area contributed by atoms with Gasteiger partial charge in [-0.2, -0.15) is 0 Å². The fraction of sp³-hybridized carbons (Fsp3) is 0.357. The number of hydrogen-bond acceptors (Lipinski definition) is 4. The SMILES string of the molecule is C=C(/N=C(Nc1cccc2c1C(=O)NC2)\C(Cl)=C/C)Nc1cc2c(cc1CC)C(C)(C)CN(C)C2. The van der Waals surface area contributed by atoms with Crippen molar-refractivity contribution >= 4 is 34.7 Å². The highest BCUT2D eigenvalue weighted by molar-refractivity contribution is 6.45. The normalized spacial score (nSPS) is 17.5. The summed E-state index contributed by atoms with van der Waals surface area (Å²) in [5.41, 5.74) is 7.27. The number of anilines is 2. The van der Waals surface area contributed by atoms with Gasteiger partial charge >= 0.3 is 0 Å². The molecule has 0 aliphatic carbocycles. The lowest BCUT2D eigenvalue weighted by molar-refractivity contribution is 0.0966. The van der Waals surface area contributed by atoms with Crippen LogP contribution in [-0.4, -0.2) is 30.2 Å². The second-order valence-corrected chi connectivity index (χ2v) is 10.3. The van der Waals surface area contributed by atoms with Gasteiger partial charge in [-0.25, -0.2) is 4.99 Å². The van der Waals surface area contributed by atoms with Crippen molar-refractivity contribution in [2.75, 3.05) is 24.2 Å².